The van der Waals surface area contributed by atoms with E-state index in [1.165, 1.54) is 17.5 Å². The number of aromatic carboxylic acids is 1. The minimum atomic E-state index is -0.921. The summed E-state index contributed by atoms with van der Waals surface area (Å²) in [6.45, 7) is 2.70. The SMILES string of the molecule is CC1(c2ncc(C(=O)O)s2)CCCO1. The van der Waals surface area contributed by atoms with Crippen LogP contribution in [0.5, 0.6) is 0 Å². The number of rotatable bonds is 2. The highest BCUT2D eigenvalue weighted by Crippen LogP contribution is 2.37. The highest BCUT2D eigenvalue weighted by molar-refractivity contribution is 7.13. The Hall–Kier alpha value is -0.940. The predicted octanol–water partition coefficient (Wildman–Crippen LogP) is 1.87. The maximum absolute atomic E-state index is 10.7. The lowest BCUT2D eigenvalue weighted by Gasteiger charge is -2.19. The van der Waals surface area contributed by atoms with E-state index >= 15 is 0 Å². The van der Waals surface area contributed by atoms with Crippen molar-refractivity contribution in [3.8, 4) is 0 Å². The summed E-state index contributed by atoms with van der Waals surface area (Å²) in [4.78, 5) is 15.0. The third-order valence-corrected chi connectivity index (χ3v) is 3.62. The third-order valence-electron chi connectivity index (χ3n) is 2.39. The molecule has 2 rings (SSSR count). The molecule has 0 saturated carbocycles. The molecule has 1 aromatic rings. The molecule has 1 N–H and O–H groups in total. The number of hydrogen-bond acceptors (Lipinski definition) is 4. The van der Waals surface area contributed by atoms with E-state index in [2.05, 4.69) is 4.98 Å². The zero-order valence-corrected chi connectivity index (χ0v) is 8.63. The van der Waals surface area contributed by atoms with E-state index in [0.29, 0.717) is 0 Å². The Balaban J connectivity index is 2.28. The van der Waals surface area contributed by atoms with Crippen molar-refractivity contribution < 1.29 is 14.6 Å². The molecule has 1 aliphatic rings. The number of thiazole rings is 1. The van der Waals surface area contributed by atoms with Crippen molar-refractivity contribution >= 4 is 17.3 Å². The molecule has 0 aliphatic carbocycles. The van der Waals surface area contributed by atoms with Crippen molar-refractivity contribution in [3.05, 3.63) is 16.1 Å². The molecular weight excluding hydrogens is 202 g/mol. The van der Waals surface area contributed by atoms with E-state index in [9.17, 15) is 4.79 Å². The van der Waals surface area contributed by atoms with Crippen molar-refractivity contribution in [1.29, 1.82) is 0 Å². The van der Waals surface area contributed by atoms with Gasteiger partial charge in [0.2, 0.25) is 0 Å². The normalized spacial score (nSPS) is 26.6. The summed E-state index contributed by atoms with van der Waals surface area (Å²) < 4.78 is 5.57. The van der Waals surface area contributed by atoms with Crippen LogP contribution in [-0.4, -0.2) is 22.7 Å². The second kappa shape index (κ2) is 3.33. The van der Waals surface area contributed by atoms with E-state index in [1.807, 2.05) is 6.92 Å². The molecule has 0 amide bonds. The maximum atomic E-state index is 10.7. The van der Waals surface area contributed by atoms with Gasteiger partial charge in [-0.25, -0.2) is 9.78 Å². The zero-order chi connectivity index (χ0) is 10.2. The summed E-state index contributed by atoms with van der Waals surface area (Å²) in [6, 6.07) is 0. The van der Waals surface area contributed by atoms with Crippen LogP contribution < -0.4 is 0 Å². The first kappa shape index (κ1) is 9.61. The lowest BCUT2D eigenvalue weighted by Crippen LogP contribution is -2.19. The van der Waals surface area contributed by atoms with E-state index in [-0.39, 0.29) is 10.5 Å². The Morgan fingerprint density at radius 2 is 2.57 bits per heavy atom. The van der Waals surface area contributed by atoms with Crippen molar-refractivity contribution in [2.24, 2.45) is 0 Å². The van der Waals surface area contributed by atoms with Gasteiger partial charge in [-0.05, 0) is 19.8 Å². The molecule has 14 heavy (non-hydrogen) atoms. The Labute approximate surface area is 85.5 Å². The fourth-order valence-electron chi connectivity index (χ4n) is 1.57. The molecule has 1 aromatic heterocycles. The largest absolute Gasteiger partial charge is 0.477 e. The number of carboxylic acids is 1. The van der Waals surface area contributed by atoms with E-state index in [4.69, 9.17) is 9.84 Å². The molecule has 76 valence electrons. The number of ether oxygens (including phenoxy) is 1. The van der Waals surface area contributed by atoms with Crippen LogP contribution in [0.25, 0.3) is 0 Å². The summed E-state index contributed by atoms with van der Waals surface area (Å²) in [6.07, 6.45) is 3.33. The highest BCUT2D eigenvalue weighted by Gasteiger charge is 2.35. The van der Waals surface area contributed by atoms with Gasteiger partial charge >= 0.3 is 5.97 Å². The van der Waals surface area contributed by atoms with Crippen LogP contribution in [0.1, 0.15) is 34.4 Å². The van der Waals surface area contributed by atoms with Crippen LogP contribution in [0, 0.1) is 0 Å². The highest BCUT2D eigenvalue weighted by atomic mass is 32.1. The van der Waals surface area contributed by atoms with Gasteiger partial charge in [-0.1, -0.05) is 0 Å². The Bertz CT molecular complexity index is 355. The van der Waals surface area contributed by atoms with Crippen LogP contribution in [0.4, 0.5) is 0 Å². The molecule has 0 radical (unpaired) electrons. The average molecular weight is 213 g/mol. The number of carbonyl (C=O) groups is 1. The van der Waals surface area contributed by atoms with Crippen LogP contribution >= 0.6 is 11.3 Å². The molecule has 2 heterocycles. The summed E-state index contributed by atoms with van der Waals surface area (Å²) in [5.74, 6) is -0.921. The molecule has 0 aromatic carbocycles. The number of nitrogens with zero attached hydrogens (tertiary/aromatic N) is 1. The van der Waals surface area contributed by atoms with Crippen LogP contribution in [0.3, 0.4) is 0 Å². The summed E-state index contributed by atoms with van der Waals surface area (Å²) in [5, 5.41) is 9.53. The third kappa shape index (κ3) is 1.53. The lowest BCUT2D eigenvalue weighted by molar-refractivity contribution is 0.0166. The summed E-state index contributed by atoms with van der Waals surface area (Å²) in [7, 11) is 0. The Morgan fingerprint density at radius 1 is 1.79 bits per heavy atom. The monoisotopic (exact) mass is 213 g/mol. The van der Waals surface area contributed by atoms with Crippen LogP contribution in [0.2, 0.25) is 0 Å². The number of carboxylic acid groups (broad SMARTS) is 1. The molecule has 1 atom stereocenters. The van der Waals surface area contributed by atoms with Gasteiger partial charge < -0.3 is 9.84 Å². The number of aromatic nitrogens is 1. The smallest absolute Gasteiger partial charge is 0.347 e. The van der Waals surface area contributed by atoms with Crippen molar-refractivity contribution in [1.82, 2.24) is 4.98 Å². The van der Waals surface area contributed by atoms with Gasteiger partial charge in [0.1, 0.15) is 15.5 Å². The number of hydrogen-bond donors (Lipinski definition) is 1. The van der Waals surface area contributed by atoms with Gasteiger partial charge in [0.15, 0.2) is 0 Å². The first-order valence-electron chi connectivity index (χ1n) is 4.45. The lowest BCUT2D eigenvalue weighted by atomic mass is 10.0. The van der Waals surface area contributed by atoms with Gasteiger partial charge in [0.25, 0.3) is 0 Å². The first-order valence-corrected chi connectivity index (χ1v) is 5.27. The quantitative estimate of drug-likeness (QED) is 0.814. The average Bonchev–Trinajstić information content (AvgIpc) is 2.71. The van der Waals surface area contributed by atoms with E-state index in [1.54, 1.807) is 0 Å². The molecular formula is C9H11NO3S. The van der Waals surface area contributed by atoms with Gasteiger partial charge in [-0.3, -0.25) is 0 Å². The first-order chi connectivity index (χ1) is 6.62. The predicted molar refractivity (Wildman–Crippen MR) is 51.6 cm³/mol. The van der Waals surface area contributed by atoms with Gasteiger partial charge in [0, 0.05) is 6.61 Å². The van der Waals surface area contributed by atoms with Crippen LogP contribution in [-0.2, 0) is 10.3 Å². The fraction of sp³-hybridized carbons (Fsp3) is 0.556. The van der Waals surface area contributed by atoms with Crippen LogP contribution in [0.15, 0.2) is 6.20 Å². The molecule has 0 bridgehead atoms. The van der Waals surface area contributed by atoms with Gasteiger partial charge in [-0.15, -0.1) is 11.3 Å². The molecule has 1 unspecified atom stereocenters. The molecule has 4 nitrogen and oxygen atoms in total. The van der Waals surface area contributed by atoms with Crippen molar-refractivity contribution in [3.63, 3.8) is 0 Å². The summed E-state index contributed by atoms with van der Waals surface area (Å²) in [5.41, 5.74) is -0.363. The minimum absolute atomic E-state index is 0.275. The standard InChI is InChI=1S/C9H11NO3S/c1-9(3-2-4-13-9)8-10-5-6(14-8)7(11)12/h5H,2-4H2,1H3,(H,11,12). The Kier molecular flexibility index (Phi) is 2.28. The maximum Gasteiger partial charge on any atom is 0.347 e. The molecule has 1 aliphatic heterocycles. The molecule has 1 saturated heterocycles. The molecule has 1 fully saturated rings. The minimum Gasteiger partial charge on any atom is -0.477 e. The second-order valence-electron chi connectivity index (χ2n) is 3.52. The van der Waals surface area contributed by atoms with Gasteiger partial charge in [-0.2, -0.15) is 0 Å². The van der Waals surface area contributed by atoms with Crippen molar-refractivity contribution in [2.45, 2.75) is 25.4 Å². The van der Waals surface area contributed by atoms with Crippen molar-refractivity contribution in [2.75, 3.05) is 6.61 Å². The van der Waals surface area contributed by atoms with E-state index in [0.717, 1.165) is 24.5 Å². The topological polar surface area (TPSA) is 59.4 Å². The van der Waals surface area contributed by atoms with Gasteiger partial charge in [0.05, 0.1) is 6.20 Å². The molecule has 0 spiro atoms. The fourth-order valence-corrected chi connectivity index (χ4v) is 2.45. The van der Waals surface area contributed by atoms with E-state index < -0.39 is 5.97 Å². The Morgan fingerprint density at radius 3 is 3.07 bits per heavy atom. The zero-order valence-electron chi connectivity index (χ0n) is 7.82. The second-order valence-corrected chi connectivity index (χ2v) is 4.55. The molecule has 5 heteroatoms. The summed E-state index contributed by atoms with van der Waals surface area (Å²) >= 11 is 1.20.